The number of hydrogen-bond acceptors (Lipinski definition) is 5. The quantitative estimate of drug-likeness (QED) is 0.777. The summed E-state index contributed by atoms with van der Waals surface area (Å²) in [4.78, 5) is 28.2. The van der Waals surface area contributed by atoms with Gasteiger partial charge in [0.1, 0.15) is 12.4 Å². The topological polar surface area (TPSA) is 116 Å². The molecular weight excluding hydrogens is 322 g/mol. The molecule has 1 amide bonds. The molecule has 1 aromatic rings. The van der Waals surface area contributed by atoms with E-state index in [4.69, 9.17) is 5.11 Å². The van der Waals surface area contributed by atoms with Gasteiger partial charge in [-0.15, -0.1) is 0 Å². The fraction of sp³-hybridized carbons (Fsp3) is 0.357. The van der Waals surface area contributed by atoms with Gasteiger partial charge in [0.05, 0.1) is 10.8 Å². The normalized spacial score (nSPS) is 18.1. The Kier molecular flexibility index (Phi) is 4.69. The Bertz CT molecular complexity index is 772. The van der Waals surface area contributed by atoms with Crippen LogP contribution in [-0.2, 0) is 19.6 Å². The first-order chi connectivity index (χ1) is 10.7. The van der Waals surface area contributed by atoms with Crippen LogP contribution in [0.3, 0.4) is 0 Å². The fourth-order valence-electron chi connectivity index (χ4n) is 2.11. The molecule has 0 radical (unpaired) electrons. The van der Waals surface area contributed by atoms with Crippen molar-refractivity contribution in [3.8, 4) is 0 Å². The van der Waals surface area contributed by atoms with E-state index in [2.05, 4.69) is 9.71 Å². The number of aliphatic imine (C=N–C) groups is 1. The number of carbonyl (C=O) groups is 2. The largest absolute Gasteiger partial charge is 0.481 e. The third-order valence-electron chi connectivity index (χ3n) is 3.43. The van der Waals surface area contributed by atoms with E-state index in [0.717, 1.165) is 0 Å². The molecule has 2 N–H and O–H groups in total. The minimum Gasteiger partial charge on any atom is -0.481 e. The van der Waals surface area contributed by atoms with Gasteiger partial charge < -0.3 is 10.0 Å². The van der Waals surface area contributed by atoms with Crippen molar-refractivity contribution in [2.24, 2.45) is 10.9 Å². The molecule has 0 saturated heterocycles. The first-order valence-electron chi connectivity index (χ1n) is 6.86. The van der Waals surface area contributed by atoms with E-state index in [1.54, 1.807) is 18.2 Å². The van der Waals surface area contributed by atoms with Crippen LogP contribution in [0.15, 0.2) is 34.2 Å². The minimum absolute atomic E-state index is 0.0569. The minimum atomic E-state index is -3.64. The van der Waals surface area contributed by atoms with Crippen molar-refractivity contribution >= 4 is 27.7 Å². The second-order valence-electron chi connectivity index (χ2n) is 5.28. The van der Waals surface area contributed by atoms with Gasteiger partial charge in [0.25, 0.3) is 10.0 Å². The van der Waals surface area contributed by atoms with Gasteiger partial charge in [-0.25, -0.2) is 8.42 Å². The molecule has 2 rings (SSSR count). The lowest BCUT2D eigenvalue weighted by Crippen LogP contribution is -2.35. The molecule has 0 aliphatic carbocycles. The molecule has 0 bridgehead atoms. The Balaban J connectivity index is 2.10. The van der Waals surface area contributed by atoms with Gasteiger partial charge in [0.15, 0.2) is 0 Å². The van der Waals surface area contributed by atoms with Crippen LogP contribution in [0.4, 0.5) is 0 Å². The summed E-state index contributed by atoms with van der Waals surface area (Å²) in [5, 5.41) is 8.84. The smallest absolute Gasteiger partial charge is 0.308 e. The lowest BCUT2D eigenvalue weighted by Gasteiger charge is -2.18. The van der Waals surface area contributed by atoms with E-state index in [9.17, 15) is 18.0 Å². The van der Waals surface area contributed by atoms with E-state index in [1.807, 2.05) is 0 Å². The maximum Gasteiger partial charge on any atom is 0.308 e. The number of carboxylic acid groups (broad SMARTS) is 1. The van der Waals surface area contributed by atoms with Crippen LogP contribution in [0.2, 0.25) is 0 Å². The standard InChI is InChI=1S/C14H17N3O5S/c1-9(14(19)20)8-17(2)12(18)7-15-13-10-5-3-4-6-11(10)23(21,22)16-13/h3-6,9H,7-8H2,1-2H3,(H,15,16)(H,19,20). The second-order valence-corrected chi connectivity index (χ2v) is 6.93. The molecule has 0 saturated carbocycles. The molecule has 0 aromatic heterocycles. The Labute approximate surface area is 133 Å². The maximum absolute atomic E-state index is 12.0. The predicted octanol–water partition coefficient (Wildman–Crippen LogP) is -0.0958. The highest BCUT2D eigenvalue weighted by Gasteiger charge is 2.30. The van der Waals surface area contributed by atoms with Crippen LogP contribution in [0.5, 0.6) is 0 Å². The van der Waals surface area contributed by atoms with E-state index >= 15 is 0 Å². The average molecular weight is 339 g/mol. The molecule has 1 heterocycles. The summed E-state index contributed by atoms with van der Waals surface area (Å²) >= 11 is 0. The van der Waals surface area contributed by atoms with E-state index in [0.29, 0.717) is 5.56 Å². The van der Waals surface area contributed by atoms with Gasteiger partial charge in [-0.05, 0) is 12.1 Å². The number of benzene rings is 1. The molecule has 0 fully saturated rings. The highest BCUT2D eigenvalue weighted by Crippen LogP contribution is 2.22. The van der Waals surface area contributed by atoms with Crippen LogP contribution < -0.4 is 4.72 Å². The summed E-state index contributed by atoms with van der Waals surface area (Å²) in [5.41, 5.74) is 0.418. The van der Waals surface area contributed by atoms with Crippen molar-refractivity contribution in [1.82, 2.24) is 9.62 Å². The van der Waals surface area contributed by atoms with Gasteiger partial charge in [0.2, 0.25) is 5.91 Å². The van der Waals surface area contributed by atoms with Crippen molar-refractivity contribution in [1.29, 1.82) is 0 Å². The van der Waals surface area contributed by atoms with Crippen molar-refractivity contribution < 1.29 is 23.1 Å². The summed E-state index contributed by atoms with van der Waals surface area (Å²) < 4.78 is 26.1. The van der Waals surface area contributed by atoms with Crippen LogP contribution in [0, 0.1) is 5.92 Å². The maximum atomic E-state index is 12.0. The van der Waals surface area contributed by atoms with Crippen molar-refractivity contribution in [3.05, 3.63) is 29.8 Å². The molecule has 9 heteroatoms. The molecule has 1 aliphatic rings. The number of nitrogens with one attached hydrogen (secondary N) is 1. The van der Waals surface area contributed by atoms with E-state index in [1.165, 1.54) is 24.9 Å². The second kappa shape index (κ2) is 6.37. The highest BCUT2D eigenvalue weighted by atomic mass is 32.2. The Morgan fingerprint density at radius 1 is 1.35 bits per heavy atom. The monoisotopic (exact) mass is 339 g/mol. The molecule has 1 unspecified atom stereocenters. The summed E-state index contributed by atoms with van der Waals surface area (Å²) in [6, 6.07) is 6.35. The van der Waals surface area contributed by atoms with Crippen molar-refractivity contribution in [2.45, 2.75) is 11.8 Å². The molecule has 1 aromatic carbocycles. The fourth-order valence-corrected chi connectivity index (χ4v) is 3.36. The van der Waals surface area contributed by atoms with Crippen molar-refractivity contribution in [2.75, 3.05) is 20.1 Å². The number of rotatable bonds is 5. The van der Waals surface area contributed by atoms with Crippen molar-refractivity contribution in [3.63, 3.8) is 0 Å². The number of sulfonamides is 1. The molecule has 124 valence electrons. The van der Waals surface area contributed by atoms with Gasteiger partial charge in [-0.2, -0.15) is 0 Å². The summed E-state index contributed by atoms with van der Waals surface area (Å²) in [6.45, 7) is 1.29. The number of hydrogen-bond donors (Lipinski definition) is 2. The van der Waals surface area contributed by atoms with Gasteiger partial charge in [0, 0.05) is 19.2 Å². The summed E-state index contributed by atoms with van der Waals surface area (Å²) in [6.07, 6.45) is 0. The summed E-state index contributed by atoms with van der Waals surface area (Å²) in [7, 11) is -2.16. The van der Waals surface area contributed by atoms with E-state index in [-0.39, 0.29) is 23.8 Å². The number of carboxylic acids is 1. The first-order valence-corrected chi connectivity index (χ1v) is 8.34. The SMILES string of the molecule is CC(CN(C)C(=O)CN=C1NS(=O)(=O)c2ccccc21)C(=O)O. The van der Waals surface area contributed by atoms with Crippen LogP contribution in [0.1, 0.15) is 12.5 Å². The van der Waals surface area contributed by atoms with Crippen LogP contribution in [-0.4, -0.2) is 56.3 Å². The lowest BCUT2D eigenvalue weighted by atomic mass is 10.2. The summed E-state index contributed by atoms with van der Waals surface area (Å²) in [5.74, 6) is -1.96. The molecular formula is C14H17N3O5S. The number of amides is 1. The zero-order chi connectivity index (χ0) is 17.2. The number of fused-ring (bicyclic) bond motifs is 1. The molecule has 0 spiro atoms. The number of carbonyl (C=O) groups excluding carboxylic acids is 1. The average Bonchev–Trinajstić information content (AvgIpc) is 2.76. The highest BCUT2D eigenvalue weighted by molar-refractivity contribution is 7.90. The number of likely N-dealkylation sites (N-methyl/N-ethyl adjacent to an activating group) is 1. The van der Waals surface area contributed by atoms with Gasteiger partial charge in [-0.1, -0.05) is 19.1 Å². The first kappa shape index (κ1) is 16.9. The van der Waals surface area contributed by atoms with E-state index < -0.39 is 27.8 Å². The zero-order valence-electron chi connectivity index (χ0n) is 12.7. The predicted molar refractivity (Wildman–Crippen MR) is 82.6 cm³/mol. The van der Waals surface area contributed by atoms with Gasteiger partial charge >= 0.3 is 5.97 Å². The number of aliphatic carboxylic acids is 1. The van der Waals surface area contributed by atoms with Gasteiger partial charge in [-0.3, -0.25) is 19.3 Å². The number of nitrogens with zero attached hydrogens (tertiary/aromatic N) is 2. The Morgan fingerprint density at radius 2 is 2.00 bits per heavy atom. The Morgan fingerprint density at radius 3 is 2.65 bits per heavy atom. The lowest BCUT2D eigenvalue weighted by molar-refractivity contribution is -0.142. The molecule has 1 aliphatic heterocycles. The zero-order valence-corrected chi connectivity index (χ0v) is 13.5. The number of amidine groups is 1. The van der Waals surface area contributed by atoms with Crippen LogP contribution >= 0.6 is 0 Å². The third-order valence-corrected chi connectivity index (χ3v) is 4.83. The van der Waals surface area contributed by atoms with Crippen LogP contribution in [0.25, 0.3) is 0 Å². The molecule has 8 nitrogen and oxygen atoms in total. The molecule has 23 heavy (non-hydrogen) atoms. The Hall–Kier alpha value is -2.42. The molecule has 1 atom stereocenters. The third kappa shape index (κ3) is 3.67.